The molecular formula is C24H49NaO4S. The summed E-state index contributed by atoms with van der Waals surface area (Å²) < 4.78 is 34.6. The number of hydrogen-bond donors (Lipinski definition) is 1. The van der Waals surface area contributed by atoms with E-state index in [0.29, 0.717) is 12.8 Å². The molecular weight excluding hydrogens is 407 g/mol. The molecule has 4 nitrogen and oxygen atoms in total. The SMILES string of the molecule is CCCCCCCCCC(CCCCCCCCCCCCC(C)O)S(=O)(=O)[O-].[Na+]. The topological polar surface area (TPSA) is 77.4 Å². The molecule has 0 saturated heterocycles. The largest absolute Gasteiger partial charge is 1.00 e. The van der Waals surface area contributed by atoms with Gasteiger partial charge in [0.15, 0.2) is 0 Å². The number of rotatable bonds is 22. The van der Waals surface area contributed by atoms with Crippen LogP contribution < -0.4 is 29.6 Å². The standard InChI is InChI=1S/C24H50O4S.Na/c1-3-4-5-6-11-15-18-21-24(29(26,27)28)22-19-16-13-10-8-7-9-12-14-17-20-23(2)25;/h23-25H,3-22H2,1-2H3,(H,26,27,28);/q;+1/p-1. The van der Waals surface area contributed by atoms with E-state index in [4.69, 9.17) is 0 Å². The van der Waals surface area contributed by atoms with Gasteiger partial charge in [-0.05, 0) is 26.2 Å². The summed E-state index contributed by atoms with van der Waals surface area (Å²) in [6.45, 7) is 4.05. The van der Waals surface area contributed by atoms with Gasteiger partial charge in [0.1, 0.15) is 0 Å². The van der Waals surface area contributed by atoms with Gasteiger partial charge in [-0.1, -0.05) is 116 Å². The molecule has 0 bridgehead atoms. The third-order valence-corrected chi connectivity index (χ3v) is 7.22. The van der Waals surface area contributed by atoms with Crippen molar-refractivity contribution in [3.63, 3.8) is 0 Å². The fourth-order valence-corrected chi connectivity index (χ4v) is 4.90. The van der Waals surface area contributed by atoms with Gasteiger partial charge < -0.3 is 9.66 Å². The van der Waals surface area contributed by atoms with Crippen LogP contribution in [0.15, 0.2) is 0 Å². The van der Waals surface area contributed by atoms with E-state index in [1.807, 2.05) is 6.92 Å². The van der Waals surface area contributed by atoms with Gasteiger partial charge >= 0.3 is 29.6 Å². The van der Waals surface area contributed by atoms with E-state index in [-0.39, 0.29) is 35.7 Å². The van der Waals surface area contributed by atoms with Crippen molar-refractivity contribution >= 4 is 10.1 Å². The summed E-state index contributed by atoms with van der Waals surface area (Å²) in [5.74, 6) is 0. The quantitative estimate of drug-likeness (QED) is 0.151. The Morgan fingerprint density at radius 2 is 0.933 bits per heavy atom. The molecule has 0 aliphatic rings. The first-order valence-electron chi connectivity index (χ1n) is 12.5. The first-order valence-corrected chi connectivity index (χ1v) is 14.0. The number of hydrogen-bond acceptors (Lipinski definition) is 4. The molecule has 2 unspecified atom stereocenters. The van der Waals surface area contributed by atoms with Gasteiger partial charge in [0, 0.05) is 5.25 Å². The Bertz CT molecular complexity index is 440. The molecule has 0 saturated carbocycles. The van der Waals surface area contributed by atoms with Crippen molar-refractivity contribution in [3.05, 3.63) is 0 Å². The van der Waals surface area contributed by atoms with E-state index >= 15 is 0 Å². The Morgan fingerprint density at radius 3 is 1.23 bits per heavy atom. The monoisotopic (exact) mass is 456 g/mol. The normalized spacial score (nSPS) is 13.7. The minimum Gasteiger partial charge on any atom is -0.748 e. The fourth-order valence-electron chi connectivity index (χ4n) is 3.99. The molecule has 0 aliphatic carbocycles. The van der Waals surface area contributed by atoms with Crippen LogP contribution in [0, 0.1) is 0 Å². The molecule has 0 radical (unpaired) electrons. The van der Waals surface area contributed by atoms with Gasteiger partial charge in [0.05, 0.1) is 16.2 Å². The third kappa shape index (κ3) is 23.5. The van der Waals surface area contributed by atoms with E-state index in [1.54, 1.807) is 0 Å². The molecule has 0 heterocycles. The summed E-state index contributed by atoms with van der Waals surface area (Å²) in [6, 6.07) is 0. The molecule has 1 N–H and O–H groups in total. The van der Waals surface area contributed by atoms with Gasteiger partial charge in [-0.25, -0.2) is 8.42 Å². The molecule has 0 spiro atoms. The molecule has 6 heteroatoms. The molecule has 0 aromatic heterocycles. The van der Waals surface area contributed by atoms with E-state index in [9.17, 15) is 18.1 Å². The van der Waals surface area contributed by atoms with Crippen LogP contribution >= 0.6 is 0 Å². The zero-order valence-electron chi connectivity index (χ0n) is 20.4. The summed E-state index contributed by atoms with van der Waals surface area (Å²) in [7, 11) is -4.15. The van der Waals surface area contributed by atoms with Crippen LogP contribution in [-0.4, -0.2) is 29.4 Å². The van der Waals surface area contributed by atoms with Crippen LogP contribution in [0.3, 0.4) is 0 Å². The average Bonchev–Trinajstić information content (AvgIpc) is 2.65. The smallest absolute Gasteiger partial charge is 0.748 e. The predicted octanol–water partition coefficient (Wildman–Crippen LogP) is 4.11. The summed E-state index contributed by atoms with van der Waals surface area (Å²) in [5.41, 5.74) is 0. The maximum atomic E-state index is 11.5. The minimum atomic E-state index is -4.15. The zero-order valence-corrected chi connectivity index (χ0v) is 23.2. The van der Waals surface area contributed by atoms with Crippen molar-refractivity contribution in [2.45, 2.75) is 154 Å². The third-order valence-electron chi connectivity index (χ3n) is 5.94. The minimum absolute atomic E-state index is 0. The molecule has 0 aliphatic heterocycles. The molecule has 2 atom stereocenters. The molecule has 176 valence electrons. The molecule has 0 fully saturated rings. The first kappa shape index (κ1) is 33.0. The van der Waals surface area contributed by atoms with Crippen LogP contribution in [0.2, 0.25) is 0 Å². The van der Waals surface area contributed by atoms with Gasteiger partial charge in [0.25, 0.3) is 0 Å². The molecule has 30 heavy (non-hydrogen) atoms. The van der Waals surface area contributed by atoms with Gasteiger partial charge in [0.2, 0.25) is 0 Å². The van der Waals surface area contributed by atoms with Crippen LogP contribution in [0.1, 0.15) is 142 Å². The predicted molar refractivity (Wildman–Crippen MR) is 123 cm³/mol. The number of aliphatic hydroxyl groups is 1. The van der Waals surface area contributed by atoms with Crippen molar-refractivity contribution in [1.29, 1.82) is 0 Å². The Kier molecular flexibility index (Phi) is 25.4. The Balaban J connectivity index is 0. The van der Waals surface area contributed by atoms with Gasteiger partial charge in [-0.2, -0.15) is 0 Å². The Hall–Kier alpha value is 0.870. The number of aliphatic hydroxyl groups excluding tert-OH is 1. The maximum Gasteiger partial charge on any atom is 1.00 e. The Morgan fingerprint density at radius 1 is 0.633 bits per heavy atom. The number of unbranched alkanes of at least 4 members (excludes halogenated alkanes) is 15. The summed E-state index contributed by atoms with van der Waals surface area (Å²) >= 11 is 0. The van der Waals surface area contributed by atoms with Crippen LogP contribution in [0.25, 0.3) is 0 Å². The summed E-state index contributed by atoms with van der Waals surface area (Å²) in [6.07, 6.45) is 21.6. The molecule has 0 aromatic rings. The van der Waals surface area contributed by atoms with E-state index < -0.39 is 15.4 Å². The van der Waals surface area contributed by atoms with Crippen molar-refractivity contribution in [1.82, 2.24) is 0 Å². The second kappa shape index (κ2) is 23.0. The van der Waals surface area contributed by atoms with Gasteiger partial charge in [-0.3, -0.25) is 0 Å². The van der Waals surface area contributed by atoms with E-state index in [1.165, 1.54) is 64.2 Å². The first-order chi connectivity index (χ1) is 13.9. The van der Waals surface area contributed by atoms with Gasteiger partial charge in [-0.15, -0.1) is 0 Å². The van der Waals surface area contributed by atoms with Crippen LogP contribution in [0.5, 0.6) is 0 Å². The van der Waals surface area contributed by atoms with Crippen LogP contribution in [0.4, 0.5) is 0 Å². The molecule has 0 rings (SSSR count). The average molecular weight is 457 g/mol. The van der Waals surface area contributed by atoms with E-state index in [2.05, 4.69) is 6.92 Å². The summed E-state index contributed by atoms with van der Waals surface area (Å²) in [5, 5.41) is 8.55. The molecule has 0 amide bonds. The van der Waals surface area contributed by atoms with Crippen molar-refractivity contribution in [2.24, 2.45) is 0 Å². The maximum absolute atomic E-state index is 11.5. The van der Waals surface area contributed by atoms with Crippen LogP contribution in [-0.2, 0) is 10.1 Å². The van der Waals surface area contributed by atoms with Crippen molar-refractivity contribution < 1.29 is 47.6 Å². The zero-order chi connectivity index (χ0) is 21.8. The van der Waals surface area contributed by atoms with Crippen molar-refractivity contribution in [2.75, 3.05) is 0 Å². The molecule has 0 aromatic carbocycles. The fraction of sp³-hybridized carbons (Fsp3) is 1.00. The second-order valence-electron chi connectivity index (χ2n) is 8.99. The second-order valence-corrected chi connectivity index (χ2v) is 10.6. The van der Waals surface area contributed by atoms with E-state index in [0.717, 1.165) is 51.4 Å². The van der Waals surface area contributed by atoms with Crippen molar-refractivity contribution in [3.8, 4) is 0 Å². The summed E-state index contributed by atoms with van der Waals surface area (Å²) in [4.78, 5) is 0. The Labute approximate surface area is 210 Å².